The average Bonchev–Trinajstić information content (AvgIpc) is 3.29. The molecule has 27 heavy (non-hydrogen) atoms. The van der Waals surface area contributed by atoms with Crippen LogP contribution in [0.25, 0.3) is 0 Å². The van der Waals surface area contributed by atoms with Crippen LogP contribution in [0.15, 0.2) is 0 Å². The largest absolute Gasteiger partial charge is 0.293 e. The van der Waals surface area contributed by atoms with Gasteiger partial charge in [0.1, 0.15) is 0 Å². The summed E-state index contributed by atoms with van der Waals surface area (Å²) in [4.78, 5) is 4.90. The van der Waals surface area contributed by atoms with E-state index in [0.29, 0.717) is 6.04 Å². The fourth-order valence-electron chi connectivity index (χ4n) is 3.47. The standard InChI is InChI=1S/C17H32N10/c1-4-6-8-26-16(18-20-22-26)13-24-10-11-25(15(3)12-24)14-17-19-21-23-27(17)9-7-5-2/h15H,4-14H2,1-3H3. The number of tetrazole rings is 2. The summed E-state index contributed by atoms with van der Waals surface area (Å²) in [6.45, 7) is 13.0. The highest BCUT2D eigenvalue weighted by atomic mass is 15.6. The zero-order valence-corrected chi connectivity index (χ0v) is 16.8. The average molecular weight is 377 g/mol. The second-order valence-electron chi connectivity index (χ2n) is 7.40. The predicted molar refractivity (Wildman–Crippen MR) is 101 cm³/mol. The Kier molecular flexibility index (Phi) is 7.22. The molecule has 2 aromatic rings. The van der Waals surface area contributed by atoms with Crippen molar-refractivity contribution in [2.75, 3.05) is 19.6 Å². The molecular weight excluding hydrogens is 344 g/mol. The minimum atomic E-state index is 0.440. The van der Waals surface area contributed by atoms with Gasteiger partial charge in [-0.05, 0) is 40.6 Å². The maximum atomic E-state index is 4.23. The van der Waals surface area contributed by atoms with Crippen LogP contribution >= 0.6 is 0 Å². The van der Waals surface area contributed by atoms with Crippen LogP contribution in [0.1, 0.15) is 58.1 Å². The van der Waals surface area contributed by atoms with Crippen molar-refractivity contribution in [3.05, 3.63) is 11.6 Å². The van der Waals surface area contributed by atoms with Gasteiger partial charge < -0.3 is 0 Å². The Balaban J connectivity index is 1.52. The number of nitrogens with zero attached hydrogens (tertiary/aromatic N) is 10. The molecule has 0 N–H and O–H groups in total. The van der Waals surface area contributed by atoms with Gasteiger partial charge in [-0.2, -0.15) is 0 Å². The van der Waals surface area contributed by atoms with Gasteiger partial charge >= 0.3 is 0 Å². The summed E-state index contributed by atoms with van der Waals surface area (Å²) in [5, 5.41) is 24.5. The SMILES string of the molecule is CCCCn1nnnc1CN1CCN(Cc2nnnn2CCCC)C(C)C1. The summed E-state index contributed by atoms with van der Waals surface area (Å²) < 4.78 is 3.90. The van der Waals surface area contributed by atoms with Gasteiger partial charge in [0.2, 0.25) is 0 Å². The number of rotatable bonds is 10. The molecule has 1 fully saturated rings. The molecule has 0 bridgehead atoms. The van der Waals surface area contributed by atoms with Crippen molar-refractivity contribution in [3.8, 4) is 0 Å². The van der Waals surface area contributed by atoms with Crippen molar-refractivity contribution >= 4 is 0 Å². The Labute approximate surface area is 160 Å². The van der Waals surface area contributed by atoms with Crippen LogP contribution in [-0.2, 0) is 26.2 Å². The molecule has 1 aliphatic heterocycles. The molecule has 0 amide bonds. The topological polar surface area (TPSA) is 93.7 Å². The first-order valence-electron chi connectivity index (χ1n) is 10.2. The molecule has 1 aliphatic rings. The van der Waals surface area contributed by atoms with Gasteiger partial charge in [0.25, 0.3) is 0 Å². The first kappa shape index (κ1) is 19.8. The molecular formula is C17H32N10. The number of hydrogen-bond donors (Lipinski definition) is 0. The van der Waals surface area contributed by atoms with E-state index in [9.17, 15) is 0 Å². The Morgan fingerprint density at radius 2 is 1.44 bits per heavy atom. The number of unbranched alkanes of at least 4 members (excludes halogenated alkanes) is 2. The van der Waals surface area contributed by atoms with E-state index in [1.54, 1.807) is 0 Å². The van der Waals surface area contributed by atoms with Crippen LogP contribution in [0.2, 0.25) is 0 Å². The summed E-state index contributed by atoms with van der Waals surface area (Å²) in [6.07, 6.45) is 4.50. The van der Waals surface area contributed by atoms with Crippen molar-refractivity contribution in [2.24, 2.45) is 0 Å². The smallest absolute Gasteiger partial charge is 0.165 e. The van der Waals surface area contributed by atoms with Gasteiger partial charge in [-0.3, -0.25) is 9.80 Å². The summed E-state index contributed by atoms with van der Waals surface area (Å²) in [5.41, 5.74) is 0. The zero-order chi connectivity index (χ0) is 19.1. The fourth-order valence-corrected chi connectivity index (χ4v) is 3.47. The molecule has 10 heteroatoms. The minimum Gasteiger partial charge on any atom is -0.293 e. The Bertz CT molecular complexity index is 681. The molecule has 150 valence electrons. The lowest BCUT2D eigenvalue weighted by molar-refractivity contribution is 0.0677. The lowest BCUT2D eigenvalue weighted by Gasteiger charge is -2.39. The maximum absolute atomic E-state index is 4.23. The van der Waals surface area contributed by atoms with E-state index in [-0.39, 0.29) is 0 Å². The summed E-state index contributed by atoms with van der Waals surface area (Å²) in [5.74, 6) is 1.93. The van der Waals surface area contributed by atoms with Crippen molar-refractivity contribution in [3.63, 3.8) is 0 Å². The van der Waals surface area contributed by atoms with E-state index in [2.05, 4.69) is 61.6 Å². The van der Waals surface area contributed by atoms with Gasteiger partial charge in [-0.15, -0.1) is 10.2 Å². The number of hydrogen-bond acceptors (Lipinski definition) is 8. The quantitative estimate of drug-likeness (QED) is 0.605. The van der Waals surface area contributed by atoms with Crippen LogP contribution in [0.4, 0.5) is 0 Å². The highest BCUT2D eigenvalue weighted by molar-refractivity contribution is 4.89. The van der Waals surface area contributed by atoms with Crippen molar-refractivity contribution in [1.29, 1.82) is 0 Å². The minimum absolute atomic E-state index is 0.440. The molecule has 0 saturated carbocycles. The second-order valence-corrected chi connectivity index (χ2v) is 7.40. The van der Waals surface area contributed by atoms with E-state index in [0.717, 1.165) is 83.1 Å². The molecule has 3 heterocycles. The fraction of sp³-hybridized carbons (Fsp3) is 0.882. The third-order valence-electron chi connectivity index (χ3n) is 5.22. The third kappa shape index (κ3) is 5.29. The molecule has 0 aliphatic carbocycles. The number of aromatic nitrogens is 8. The summed E-state index contributed by atoms with van der Waals surface area (Å²) in [6, 6.07) is 0.440. The Morgan fingerprint density at radius 1 is 0.852 bits per heavy atom. The molecule has 0 radical (unpaired) electrons. The molecule has 0 spiro atoms. The van der Waals surface area contributed by atoms with Gasteiger partial charge in [0.05, 0.1) is 13.1 Å². The molecule has 1 saturated heterocycles. The van der Waals surface area contributed by atoms with Gasteiger partial charge in [-0.25, -0.2) is 9.36 Å². The van der Waals surface area contributed by atoms with Crippen molar-refractivity contribution < 1.29 is 0 Å². The molecule has 1 unspecified atom stereocenters. The summed E-state index contributed by atoms with van der Waals surface area (Å²) >= 11 is 0. The van der Waals surface area contributed by atoms with Gasteiger partial charge in [-0.1, -0.05) is 26.7 Å². The van der Waals surface area contributed by atoms with Crippen LogP contribution in [0, 0.1) is 0 Å². The van der Waals surface area contributed by atoms with E-state index in [1.165, 1.54) is 0 Å². The molecule has 0 aromatic carbocycles. The zero-order valence-electron chi connectivity index (χ0n) is 16.8. The lowest BCUT2D eigenvalue weighted by atomic mass is 10.2. The third-order valence-corrected chi connectivity index (χ3v) is 5.22. The second kappa shape index (κ2) is 9.84. The summed E-state index contributed by atoms with van der Waals surface area (Å²) in [7, 11) is 0. The predicted octanol–water partition coefficient (Wildman–Crippen LogP) is 0.966. The van der Waals surface area contributed by atoms with Crippen molar-refractivity contribution in [1.82, 2.24) is 50.2 Å². The Hall–Kier alpha value is -1.94. The van der Waals surface area contributed by atoms with E-state index in [4.69, 9.17) is 0 Å². The highest BCUT2D eigenvalue weighted by Gasteiger charge is 2.26. The van der Waals surface area contributed by atoms with Gasteiger partial charge in [0, 0.05) is 38.8 Å². The molecule has 1 atom stereocenters. The lowest BCUT2D eigenvalue weighted by Crippen LogP contribution is -2.51. The maximum Gasteiger partial charge on any atom is 0.165 e. The highest BCUT2D eigenvalue weighted by Crippen LogP contribution is 2.15. The van der Waals surface area contributed by atoms with Crippen LogP contribution in [0.3, 0.4) is 0 Å². The number of aryl methyl sites for hydroxylation is 2. The van der Waals surface area contributed by atoms with E-state index >= 15 is 0 Å². The van der Waals surface area contributed by atoms with Crippen LogP contribution < -0.4 is 0 Å². The van der Waals surface area contributed by atoms with E-state index in [1.807, 2.05) is 9.36 Å². The number of piperazine rings is 1. The van der Waals surface area contributed by atoms with Crippen molar-refractivity contribution in [2.45, 2.75) is 78.7 Å². The van der Waals surface area contributed by atoms with Crippen LogP contribution in [-0.4, -0.2) is 75.9 Å². The molecule has 3 rings (SSSR count). The van der Waals surface area contributed by atoms with Gasteiger partial charge in [0.15, 0.2) is 11.6 Å². The van der Waals surface area contributed by atoms with Crippen LogP contribution in [0.5, 0.6) is 0 Å². The molecule has 10 nitrogen and oxygen atoms in total. The normalized spacial score (nSPS) is 19.0. The Morgan fingerprint density at radius 3 is 2.00 bits per heavy atom. The van der Waals surface area contributed by atoms with E-state index < -0.39 is 0 Å². The monoisotopic (exact) mass is 376 g/mol. The first-order chi connectivity index (χ1) is 13.2. The first-order valence-corrected chi connectivity index (χ1v) is 10.2. The molecule has 2 aromatic heterocycles.